The quantitative estimate of drug-likeness (QED) is 0.462. The predicted molar refractivity (Wildman–Crippen MR) is 68.2 cm³/mol. The summed E-state index contributed by atoms with van der Waals surface area (Å²) in [6, 6.07) is -2.29. The molecule has 4 N–H and O–H groups in total. The van der Waals surface area contributed by atoms with Crippen LogP contribution in [0.4, 0.5) is 0 Å². The summed E-state index contributed by atoms with van der Waals surface area (Å²) >= 11 is 0. The average molecular weight is 302 g/mol. The van der Waals surface area contributed by atoms with Crippen LogP contribution in [0, 0.1) is 0 Å². The highest BCUT2D eigenvalue weighted by Gasteiger charge is 2.38. The number of β-amino-alcohol motifs (C(OH)–C–C–N with tert-alkyl or cyclic N) is 1. The Bertz CT molecular complexity index is 451. The zero-order valence-corrected chi connectivity index (χ0v) is 11.5. The maximum atomic E-state index is 12.0. The van der Waals surface area contributed by atoms with E-state index < -0.39 is 48.4 Å². The van der Waals surface area contributed by atoms with Crippen LogP contribution in [-0.4, -0.2) is 68.7 Å². The number of carbonyl (C=O) groups excluding carboxylic acids is 2. The molecule has 1 fully saturated rings. The minimum atomic E-state index is -1.35. The monoisotopic (exact) mass is 302 g/mol. The van der Waals surface area contributed by atoms with E-state index in [1.165, 1.54) is 6.92 Å². The normalized spacial score (nSPS) is 22.7. The third-order valence-corrected chi connectivity index (χ3v) is 3.25. The summed E-state index contributed by atoms with van der Waals surface area (Å²) in [6.07, 6.45) is -1.48. The minimum absolute atomic E-state index is 0.0142. The molecular weight excluding hydrogens is 284 g/mol. The Kier molecular flexibility index (Phi) is 5.65. The number of hydrogen-bond acceptors (Lipinski definition) is 5. The highest BCUT2D eigenvalue weighted by molar-refractivity contribution is 5.90. The van der Waals surface area contributed by atoms with Gasteiger partial charge in [-0.25, -0.2) is 4.79 Å². The summed E-state index contributed by atoms with van der Waals surface area (Å²) in [5.41, 5.74) is 0. The average Bonchev–Trinajstić information content (AvgIpc) is 2.76. The first-order valence-electron chi connectivity index (χ1n) is 6.42. The SMILES string of the molecule is CC(=O)N1C[C@H](O)C[C@H]1C(=O)N[C@H](CCC(=O)O)C(=O)O. The molecule has 1 heterocycles. The number of aliphatic hydroxyl groups is 1. The molecule has 3 atom stereocenters. The number of aliphatic carboxylic acids is 2. The first kappa shape index (κ1) is 16.9. The molecule has 9 heteroatoms. The Labute approximate surface area is 120 Å². The van der Waals surface area contributed by atoms with Crippen molar-refractivity contribution in [1.29, 1.82) is 0 Å². The lowest BCUT2D eigenvalue weighted by atomic mass is 10.1. The molecule has 0 spiro atoms. The van der Waals surface area contributed by atoms with E-state index in [1.807, 2.05) is 0 Å². The molecule has 0 aromatic rings. The number of carboxylic acids is 2. The van der Waals surface area contributed by atoms with Crippen LogP contribution in [0.3, 0.4) is 0 Å². The van der Waals surface area contributed by atoms with E-state index in [4.69, 9.17) is 10.2 Å². The zero-order valence-electron chi connectivity index (χ0n) is 11.5. The molecular formula is C12H18N2O7. The van der Waals surface area contributed by atoms with Crippen LogP contribution in [0.1, 0.15) is 26.2 Å². The highest BCUT2D eigenvalue weighted by atomic mass is 16.4. The first-order valence-corrected chi connectivity index (χ1v) is 6.42. The van der Waals surface area contributed by atoms with Gasteiger partial charge in [0.2, 0.25) is 11.8 Å². The van der Waals surface area contributed by atoms with Gasteiger partial charge in [-0.2, -0.15) is 0 Å². The zero-order chi connectivity index (χ0) is 16.2. The fourth-order valence-electron chi connectivity index (χ4n) is 2.20. The molecule has 0 bridgehead atoms. The van der Waals surface area contributed by atoms with Crippen LogP contribution in [0.25, 0.3) is 0 Å². The lowest BCUT2D eigenvalue weighted by molar-refractivity contribution is -0.144. The summed E-state index contributed by atoms with van der Waals surface area (Å²) in [5, 5.41) is 29.2. The number of carbonyl (C=O) groups is 4. The summed E-state index contributed by atoms with van der Waals surface area (Å²) in [5.74, 6) is -3.63. The first-order chi connectivity index (χ1) is 9.72. The van der Waals surface area contributed by atoms with Gasteiger partial charge in [0.05, 0.1) is 6.10 Å². The van der Waals surface area contributed by atoms with E-state index in [9.17, 15) is 24.3 Å². The summed E-state index contributed by atoms with van der Waals surface area (Å²) in [4.78, 5) is 46.0. The molecule has 9 nitrogen and oxygen atoms in total. The fourth-order valence-corrected chi connectivity index (χ4v) is 2.20. The van der Waals surface area contributed by atoms with Crippen molar-refractivity contribution < 1.29 is 34.5 Å². The van der Waals surface area contributed by atoms with E-state index >= 15 is 0 Å². The molecule has 21 heavy (non-hydrogen) atoms. The van der Waals surface area contributed by atoms with Gasteiger partial charge in [0.1, 0.15) is 12.1 Å². The second-order valence-electron chi connectivity index (χ2n) is 4.91. The van der Waals surface area contributed by atoms with Crippen molar-refractivity contribution in [3.8, 4) is 0 Å². The molecule has 0 saturated carbocycles. The van der Waals surface area contributed by atoms with E-state index in [0.717, 1.165) is 4.90 Å². The van der Waals surface area contributed by atoms with Crippen LogP contribution < -0.4 is 5.32 Å². The number of amides is 2. The van der Waals surface area contributed by atoms with E-state index in [-0.39, 0.29) is 19.4 Å². The van der Waals surface area contributed by atoms with Gasteiger partial charge in [0, 0.05) is 26.3 Å². The summed E-state index contributed by atoms with van der Waals surface area (Å²) in [7, 11) is 0. The smallest absolute Gasteiger partial charge is 0.326 e. The third kappa shape index (κ3) is 4.71. The molecule has 118 valence electrons. The van der Waals surface area contributed by atoms with Gasteiger partial charge in [-0.1, -0.05) is 0 Å². The Morgan fingerprint density at radius 2 is 1.90 bits per heavy atom. The lowest BCUT2D eigenvalue weighted by Crippen LogP contribution is -2.50. The van der Waals surface area contributed by atoms with Gasteiger partial charge >= 0.3 is 11.9 Å². The third-order valence-electron chi connectivity index (χ3n) is 3.25. The van der Waals surface area contributed by atoms with Crippen molar-refractivity contribution in [2.75, 3.05) is 6.54 Å². The topological polar surface area (TPSA) is 144 Å². The van der Waals surface area contributed by atoms with Crippen molar-refractivity contribution in [3.05, 3.63) is 0 Å². The molecule has 1 saturated heterocycles. The molecule has 1 aliphatic heterocycles. The van der Waals surface area contributed by atoms with Crippen molar-refractivity contribution in [1.82, 2.24) is 10.2 Å². The second kappa shape index (κ2) is 7.02. The minimum Gasteiger partial charge on any atom is -0.481 e. The Morgan fingerprint density at radius 3 is 2.38 bits per heavy atom. The number of carboxylic acid groups (broad SMARTS) is 2. The number of rotatable bonds is 6. The predicted octanol–water partition coefficient (Wildman–Crippen LogP) is -1.60. The highest BCUT2D eigenvalue weighted by Crippen LogP contribution is 2.18. The molecule has 1 rings (SSSR count). The largest absolute Gasteiger partial charge is 0.481 e. The molecule has 0 unspecified atom stereocenters. The maximum absolute atomic E-state index is 12.0. The maximum Gasteiger partial charge on any atom is 0.326 e. The van der Waals surface area contributed by atoms with Gasteiger partial charge in [-0.05, 0) is 6.42 Å². The van der Waals surface area contributed by atoms with Crippen LogP contribution in [0.5, 0.6) is 0 Å². The van der Waals surface area contributed by atoms with Crippen LogP contribution >= 0.6 is 0 Å². The van der Waals surface area contributed by atoms with Crippen molar-refractivity contribution in [2.45, 2.75) is 44.4 Å². The van der Waals surface area contributed by atoms with Gasteiger partial charge in [0.25, 0.3) is 0 Å². The lowest BCUT2D eigenvalue weighted by Gasteiger charge is -2.23. The second-order valence-corrected chi connectivity index (χ2v) is 4.91. The van der Waals surface area contributed by atoms with Crippen molar-refractivity contribution in [2.24, 2.45) is 0 Å². The van der Waals surface area contributed by atoms with Crippen molar-refractivity contribution in [3.63, 3.8) is 0 Å². The number of likely N-dealkylation sites (tertiary alicyclic amines) is 1. The standard InChI is InChI=1S/C12H18N2O7/c1-6(15)14-5-7(16)4-9(14)11(19)13-8(12(20)21)2-3-10(17)18/h7-9,16H,2-5H2,1H3,(H,13,19)(H,17,18)(H,20,21)/t7-,8-,9+/m1/s1. The number of aliphatic hydroxyl groups excluding tert-OH is 1. The van der Waals surface area contributed by atoms with Gasteiger partial charge in [-0.15, -0.1) is 0 Å². The molecule has 1 aliphatic rings. The van der Waals surface area contributed by atoms with E-state index in [0.29, 0.717) is 0 Å². The molecule has 0 aromatic carbocycles. The molecule has 2 amide bonds. The molecule has 0 aromatic heterocycles. The molecule has 0 radical (unpaired) electrons. The number of hydrogen-bond donors (Lipinski definition) is 4. The van der Waals surface area contributed by atoms with Crippen LogP contribution in [-0.2, 0) is 19.2 Å². The van der Waals surface area contributed by atoms with Gasteiger partial charge in [0.15, 0.2) is 0 Å². The van der Waals surface area contributed by atoms with Gasteiger partial charge in [-0.3, -0.25) is 14.4 Å². The van der Waals surface area contributed by atoms with Crippen LogP contribution in [0.2, 0.25) is 0 Å². The summed E-state index contributed by atoms with van der Waals surface area (Å²) < 4.78 is 0. The number of nitrogens with zero attached hydrogens (tertiary/aromatic N) is 1. The fraction of sp³-hybridized carbons (Fsp3) is 0.667. The van der Waals surface area contributed by atoms with E-state index in [2.05, 4.69) is 5.32 Å². The summed E-state index contributed by atoms with van der Waals surface area (Å²) in [6.45, 7) is 1.26. The Balaban J connectivity index is 2.70. The van der Waals surface area contributed by atoms with E-state index in [1.54, 1.807) is 0 Å². The molecule has 0 aliphatic carbocycles. The van der Waals surface area contributed by atoms with Crippen LogP contribution in [0.15, 0.2) is 0 Å². The van der Waals surface area contributed by atoms with Crippen molar-refractivity contribution >= 4 is 23.8 Å². The van der Waals surface area contributed by atoms with Gasteiger partial charge < -0.3 is 25.5 Å². The Morgan fingerprint density at radius 1 is 1.29 bits per heavy atom. The number of nitrogens with one attached hydrogen (secondary N) is 1. The Hall–Kier alpha value is -2.16.